The summed E-state index contributed by atoms with van der Waals surface area (Å²) in [6.45, 7) is 2.94. The van der Waals surface area contributed by atoms with Gasteiger partial charge in [0, 0.05) is 44.9 Å². The number of rotatable bonds is 5. The minimum atomic E-state index is -4.02. The largest absolute Gasteiger partial charge is 0.351 e. The number of halogens is 1. The van der Waals surface area contributed by atoms with Gasteiger partial charge in [-0.2, -0.15) is 0 Å². The summed E-state index contributed by atoms with van der Waals surface area (Å²) in [4.78, 5) is 33.0. The van der Waals surface area contributed by atoms with Gasteiger partial charge >= 0.3 is 0 Å². The lowest BCUT2D eigenvalue weighted by Crippen LogP contribution is -2.50. The molecule has 1 aromatic heterocycles. The number of carbonyl (C=O) groups excluding carboxylic acids is 2. The molecule has 0 atom stereocenters. The Morgan fingerprint density at radius 1 is 1.13 bits per heavy atom. The number of sulfonamides is 1. The summed E-state index contributed by atoms with van der Waals surface area (Å²) in [5, 5.41) is 3.69. The fourth-order valence-electron chi connectivity index (χ4n) is 2.99. The molecule has 2 aromatic rings. The monoisotopic (exact) mass is 456 g/mol. The molecule has 1 saturated heterocycles. The average Bonchev–Trinajstić information content (AvgIpc) is 3.18. The molecule has 0 N–H and O–H groups in total. The fraction of sp³-hybridized carbons (Fsp3) is 0.389. The molecule has 3 rings (SSSR count). The summed E-state index contributed by atoms with van der Waals surface area (Å²) in [6.07, 6.45) is 0. The van der Waals surface area contributed by atoms with Gasteiger partial charge in [-0.1, -0.05) is 21.2 Å². The molecule has 162 valence electrons. The lowest BCUT2D eigenvalue weighted by atomic mass is 10.1. The summed E-state index contributed by atoms with van der Waals surface area (Å²) in [7, 11) is -1.58. The molecule has 12 heteroatoms. The third-order valence-corrected chi connectivity index (χ3v) is 6.91. The van der Waals surface area contributed by atoms with Gasteiger partial charge in [0.05, 0.1) is 17.8 Å². The van der Waals surface area contributed by atoms with E-state index in [2.05, 4.69) is 5.16 Å². The number of hydrogen-bond donors (Lipinski definition) is 0. The molecule has 1 aromatic carbocycles. The van der Waals surface area contributed by atoms with Crippen molar-refractivity contribution in [2.24, 2.45) is 0 Å². The SMILES string of the molecule is CON(C)S(=O)(=O)c1cc(C(=O)N2CCN(C(=O)c3cc(C)no3)CC2)ccc1Cl. The zero-order chi connectivity index (χ0) is 22.1. The molecule has 0 spiro atoms. The standard InChI is InChI=1S/C18H21ClN4O6S/c1-12-10-15(29-20-12)18(25)23-8-6-22(7-9-23)17(24)13-4-5-14(19)16(11-13)30(26,27)21(2)28-3/h4-5,10-11H,6-9H2,1-3H3. The van der Waals surface area contributed by atoms with Gasteiger partial charge in [-0.25, -0.2) is 8.42 Å². The van der Waals surface area contributed by atoms with Gasteiger partial charge < -0.3 is 14.3 Å². The number of carbonyl (C=O) groups is 2. The summed E-state index contributed by atoms with van der Waals surface area (Å²) >= 11 is 6.04. The molecule has 1 fully saturated rings. The first-order valence-electron chi connectivity index (χ1n) is 8.99. The number of hydroxylamine groups is 1. The first kappa shape index (κ1) is 22.2. The van der Waals surface area contributed by atoms with E-state index in [9.17, 15) is 18.0 Å². The second-order valence-corrected chi connectivity index (χ2v) is 8.97. The predicted molar refractivity (Wildman–Crippen MR) is 106 cm³/mol. The van der Waals surface area contributed by atoms with E-state index < -0.39 is 10.0 Å². The van der Waals surface area contributed by atoms with Gasteiger partial charge in [0.25, 0.3) is 21.8 Å². The molecule has 0 radical (unpaired) electrons. The molecule has 10 nitrogen and oxygen atoms in total. The van der Waals surface area contributed by atoms with Gasteiger partial charge in [-0.3, -0.25) is 14.4 Å². The van der Waals surface area contributed by atoms with Crippen LogP contribution in [0.3, 0.4) is 0 Å². The molecule has 0 unspecified atom stereocenters. The zero-order valence-electron chi connectivity index (χ0n) is 16.7. The smallest absolute Gasteiger partial charge is 0.292 e. The van der Waals surface area contributed by atoms with Crippen LogP contribution in [0.4, 0.5) is 0 Å². The molecular weight excluding hydrogens is 436 g/mol. The van der Waals surface area contributed by atoms with Crippen LogP contribution in [0.25, 0.3) is 0 Å². The maximum absolute atomic E-state index is 12.9. The van der Waals surface area contributed by atoms with Gasteiger partial charge in [-0.15, -0.1) is 0 Å². The van der Waals surface area contributed by atoms with E-state index >= 15 is 0 Å². The highest BCUT2D eigenvalue weighted by molar-refractivity contribution is 7.89. The van der Waals surface area contributed by atoms with Crippen LogP contribution >= 0.6 is 11.6 Å². The number of amides is 2. The molecule has 2 heterocycles. The Morgan fingerprint density at radius 2 is 1.73 bits per heavy atom. The molecule has 2 amide bonds. The van der Waals surface area contributed by atoms with Crippen LogP contribution in [0.1, 0.15) is 26.6 Å². The quantitative estimate of drug-likeness (QED) is 0.625. The first-order valence-corrected chi connectivity index (χ1v) is 10.8. The lowest BCUT2D eigenvalue weighted by Gasteiger charge is -2.34. The Labute approximate surface area is 178 Å². The van der Waals surface area contributed by atoms with Crippen molar-refractivity contribution in [2.75, 3.05) is 40.3 Å². The van der Waals surface area contributed by atoms with Crippen LogP contribution in [0.5, 0.6) is 0 Å². The summed E-state index contributed by atoms with van der Waals surface area (Å²) in [5.74, 6) is -0.488. The highest BCUT2D eigenvalue weighted by Crippen LogP contribution is 2.26. The predicted octanol–water partition coefficient (Wildman–Crippen LogP) is 1.42. The highest BCUT2D eigenvalue weighted by atomic mass is 35.5. The Morgan fingerprint density at radius 3 is 2.27 bits per heavy atom. The van der Waals surface area contributed by atoms with Crippen molar-refractivity contribution in [3.63, 3.8) is 0 Å². The maximum Gasteiger partial charge on any atom is 0.292 e. The van der Waals surface area contributed by atoms with Crippen molar-refractivity contribution < 1.29 is 27.4 Å². The lowest BCUT2D eigenvalue weighted by molar-refractivity contribution is -0.0258. The second kappa shape index (κ2) is 8.72. The normalized spacial score (nSPS) is 15.0. The van der Waals surface area contributed by atoms with E-state index in [0.717, 1.165) is 0 Å². The van der Waals surface area contributed by atoms with Crippen molar-refractivity contribution >= 4 is 33.4 Å². The van der Waals surface area contributed by atoms with Crippen LogP contribution in [-0.4, -0.2) is 80.0 Å². The Balaban J connectivity index is 1.72. The maximum atomic E-state index is 12.9. The van der Waals surface area contributed by atoms with E-state index in [1.165, 1.54) is 32.4 Å². The van der Waals surface area contributed by atoms with Crippen LogP contribution in [0.15, 0.2) is 33.7 Å². The minimum Gasteiger partial charge on any atom is -0.351 e. The average molecular weight is 457 g/mol. The number of piperazine rings is 1. The Hall–Kier alpha value is -2.47. The van der Waals surface area contributed by atoms with Crippen molar-refractivity contribution in [1.29, 1.82) is 0 Å². The van der Waals surface area contributed by atoms with E-state index in [1.54, 1.807) is 22.8 Å². The van der Waals surface area contributed by atoms with E-state index in [-0.39, 0.29) is 33.1 Å². The van der Waals surface area contributed by atoms with E-state index in [4.69, 9.17) is 21.0 Å². The van der Waals surface area contributed by atoms with Gasteiger partial charge in [0.15, 0.2) is 0 Å². The van der Waals surface area contributed by atoms with Crippen molar-refractivity contribution in [2.45, 2.75) is 11.8 Å². The highest BCUT2D eigenvalue weighted by Gasteiger charge is 2.29. The molecule has 0 bridgehead atoms. The number of aryl methyl sites for hydroxylation is 1. The van der Waals surface area contributed by atoms with Gasteiger partial charge in [0.1, 0.15) is 4.90 Å². The Kier molecular flexibility index (Phi) is 6.46. The van der Waals surface area contributed by atoms with Crippen molar-refractivity contribution in [1.82, 2.24) is 19.4 Å². The molecular formula is C18H21ClN4O6S. The number of nitrogens with zero attached hydrogens (tertiary/aromatic N) is 4. The third-order valence-electron chi connectivity index (χ3n) is 4.74. The van der Waals surface area contributed by atoms with E-state index in [0.29, 0.717) is 36.3 Å². The first-order chi connectivity index (χ1) is 14.1. The Bertz CT molecular complexity index is 1060. The van der Waals surface area contributed by atoms with Crippen LogP contribution < -0.4 is 0 Å². The molecule has 0 saturated carbocycles. The molecule has 1 aliphatic rings. The van der Waals surface area contributed by atoms with E-state index in [1.807, 2.05) is 0 Å². The summed E-state index contributed by atoms with van der Waals surface area (Å²) < 4.78 is 30.7. The minimum absolute atomic E-state index is 0.0202. The molecule has 0 aliphatic carbocycles. The fourth-order valence-corrected chi connectivity index (χ4v) is 4.46. The molecule has 1 aliphatic heterocycles. The summed E-state index contributed by atoms with van der Waals surface area (Å²) in [6, 6.07) is 5.61. The topological polar surface area (TPSA) is 113 Å². The number of aromatic nitrogens is 1. The third kappa shape index (κ3) is 4.33. The van der Waals surface area contributed by atoms with Crippen LogP contribution in [0, 0.1) is 6.92 Å². The van der Waals surface area contributed by atoms with Crippen molar-refractivity contribution in [3.05, 3.63) is 46.3 Å². The van der Waals surface area contributed by atoms with Gasteiger partial charge in [0.2, 0.25) is 5.76 Å². The second-order valence-electron chi connectivity index (χ2n) is 6.66. The van der Waals surface area contributed by atoms with Gasteiger partial charge in [-0.05, 0) is 25.1 Å². The number of hydrogen-bond acceptors (Lipinski definition) is 7. The van der Waals surface area contributed by atoms with Crippen LogP contribution in [-0.2, 0) is 14.9 Å². The van der Waals surface area contributed by atoms with Crippen molar-refractivity contribution in [3.8, 4) is 0 Å². The van der Waals surface area contributed by atoms with Crippen LogP contribution in [0.2, 0.25) is 5.02 Å². The number of benzene rings is 1. The molecule has 30 heavy (non-hydrogen) atoms. The zero-order valence-corrected chi connectivity index (χ0v) is 18.2. The summed E-state index contributed by atoms with van der Waals surface area (Å²) in [5.41, 5.74) is 0.785.